The van der Waals surface area contributed by atoms with Gasteiger partial charge in [0.1, 0.15) is 11.6 Å². The van der Waals surface area contributed by atoms with E-state index in [1.807, 2.05) is 19.1 Å². The highest BCUT2D eigenvalue weighted by atomic mass is 16.5. The summed E-state index contributed by atoms with van der Waals surface area (Å²) >= 11 is 0. The Bertz CT molecular complexity index is 562. The lowest BCUT2D eigenvalue weighted by Crippen LogP contribution is -2.16. The predicted octanol–water partition coefficient (Wildman–Crippen LogP) is 3.64. The number of rotatable bonds is 7. The number of hydrogen-bond donors (Lipinski definition) is 1. The SMILES string of the molecule is CCCCn1c(C(N)CC)nc2cc(OCC)ccc21. The Balaban J connectivity index is 2.47. The van der Waals surface area contributed by atoms with Gasteiger partial charge in [0, 0.05) is 12.6 Å². The number of imidazole rings is 1. The summed E-state index contributed by atoms with van der Waals surface area (Å²) in [5, 5.41) is 0. The van der Waals surface area contributed by atoms with Gasteiger partial charge in [0.15, 0.2) is 0 Å². The van der Waals surface area contributed by atoms with Crippen LogP contribution in [-0.4, -0.2) is 16.2 Å². The van der Waals surface area contributed by atoms with E-state index in [-0.39, 0.29) is 6.04 Å². The third-order valence-electron chi connectivity index (χ3n) is 3.57. The Morgan fingerprint density at radius 3 is 2.75 bits per heavy atom. The zero-order valence-corrected chi connectivity index (χ0v) is 12.7. The van der Waals surface area contributed by atoms with Gasteiger partial charge in [0.2, 0.25) is 0 Å². The van der Waals surface area contributed by atoms with Crippen molar-refractivity contribution in [3.8, 4) is 5.75 Å². The topological polar surface area (TPSA) is 53.1 Å². The summed E-state index contributed by atoms with van der Waals surface area (Å²) in [6.45, 7) is 7.93. The van der Waals surface area contributed by atoms with Crippen LogP contribution in [0.4, 0.5) is 0 Å². The van der Waals surface area contributed by atoms with Gasteiger partial charge in [-0.05, 0) is 31.9 Å². The van der Waals surface area contributed by atoms with Crippen molar-refractivity contribution in [2.45, 2.75) is 52.6 Å². The van der Waals surface area contributed by atoms with E-state index in [1.54, 1.807) is 0 Å². The van der Waals surface area contributed by atoms with Crippen molar-refractivity contribution >= 4 is 11.0 Å². The van der Waals surface area contributed by atoms with Crippen LogP contribution in [0.15, 0.2) is 18.2 Å². The Morgan fingerprint density at radius 1 is 1.30 bits per heavy atom. The molecule has 0 saturated carbocycles. The molecule has 0 amide bonds. The predicted molar refractivity (Wildman–Crippen MR) is 83.0 cm³/mol. The molecule has 20 heavy (non-hydrogen) atoms. The van der Waals surface area contributed by atoms with Gasteiger partial charge in [-0.25, -0.2) is 4.98 Å². The summed E-state index contributed by atoms with van der Waals surface area (Å²) in [5.41, 5.74) is 8.34. The molecule has 1 heterocycles. The molecule has 0 saturated heterocycles. The molecule has 0 bridgehead atoms. The maximum absolute atomic E-state index is 6.21. The van der Waals surface area contributed by atoms with Gasteiger partial charge in [0.05, 0.1) is 23.7 Å². The molecule has 2 aromatic rings. The molecule has 2 rings (SSSR count). The van der Waals surface area contributed by atoms with Gasteiger partial charge >= 0.3 is 0 Å². The van der Waals surface area contributed by atoms with Crippen molar-refractivity contribution in [2.24, 2.45) is 5.73 Å². The Kier molecular flexibility index (Phi) is 5.01. The highest BCUT2D eigenvalue weighted by Gasteiger charge is 2.15. The van der Waals surface area contributed by atoms with Crippen LogP contribution in [0.3, 0.4) is 0 Å². The molecule has 0 aliphatic rings. The second-order valence-electron chi connectivity index (χ2n) is 5.07. The first-order valence-electron chi connectivity index (χ1n) is 7.59. The molecule has 0 fully saturated rings. The summed E-state index contributed by atoms with van der Waals surface area (Å²) in [6, 6.07) is 6.11. The first-order valence-corrected chi connectivity index (χ1v) is 7.59. The average Bonchev–Trinajstić information content (AvgIpc) is 2.82. The summed E-state index contributed by atoms with van der Waals surface area (Å²) in [4.78, 5) is 4.74. The summed E-state index contributed by atoms with van der Waals surface area (Å²) in [7, 11) is 0. The maximum Gasteiger partial charge on any atom is 0.126 e. The number of benzene rings is 1. The first kappa shape index (κ1) is 14.9. The number of ether oxygens (including phenoxy) is 1. The van der Waals surface area contributed by atoms with Gasteiger partial charge in [0.25, 0.3) is 0 Å². The van der Waals surface area contributed by atoms with Crippen LogP contribution in [0.1, 0.15) is 51.9 Å². The van der Waals surface area contributed by atoms with Crippen LogP contribution in [0, 0.1) is 0 Å². The third kappa shape index (κ3) is 2.96. The van der Waals surface area contributed by atoms with Gasteiger partial charge in [-0.3, -0.25) is 0 Å². The van der Waals surface area contributed by atoms with Crippen LogP contribution in [0.5, 0.6) is 5.75 Å². The minimum absolute atomic E-state index is 0.00482. The fraction of sp³-hybridized carbons (Fsp3) is 0.562. The highest BCUT2D eigenvalue weighted by molar-refractivity contribution is 5.78. The zero-order valence-electron chi connectivity index (χ0n) is 12.7. The highest BCUT2D eigenvalue weighted by Crippen LogP contribution is 2.25. The molecule has 110 valence electrons. The van der Waals surface area contributed by atoms with E-state index in [0.29, 0.717) is 6.61 Å². The van der Waals surface area contributed by atoms with Crippen molar-refractivity contribution in [3.63, 3.8) is 0 Å². The zero-order chi connectivity index (χ0) is 14.5. The summed E-state index contributed by atoms with van der Waals surface area (Å²) in [6.07, 6.45) is 3.20. The molecule has 0 spiro atoms. The molecule has 2 N–H and O–H groups in total. The molecule has 1 aromatic heterocycles. The third-order valence-corrected chi connectivity index (χ3v) is 3.57. The minimum Gasteiger partial charge on any atom is -0.494 e. The molecule has 4 heteroatoms. The molecular formula is C16H25N3O. The van der Waals surface area contributed by atoms with Crippen molar-refractivity contribution in [2.75, 3.05) is 6.61 Å². The number of nitrogens with zero attached hydrogens (tertiary/aromatic N) is 2. The molecule has 0 aliphatic heterocycles. The van der Waals surface area contributed by atoms with Crippen molar-refractivity contribution < 1.29 is 4.74 Å². The molecule has 0 aliphatic carbocycles. The summed E-state index contributed by atoms with van der Waals surface area (Å²) in [5.74, 6) is 1.86. The smallest absolute Gasteiger partial charge is 0.126 e. The number of unbranched alkanes of at least 4 members (excludes halogenated alkanes) is 1. The van der Waals surface area contributed by atoms with Crippen LogP contribution >= 0.6 is 0 Å². The molecular weight excluding hydrogens is 250 g/mol. The van der Waals surface area contributed by atoms with E-state index < -0.39 is 0 Å². The van der Waals surface area contributed by atoms with E-state index in [2.05, 4.69) is 24.5 Å². The van der Waals surface area contributed by atoms with Crippen molar-refractivity contribution in [1.82, 2.24) is 9.55 Å². The number of hydrogen-bond acceptors (Lipinski definition) is 3. The Morgan fingerprint density at radius 2 is 2.10 bits per heavy atom. The van der Waals surface area contributed by atoms with Crippen LogP contribution in [-0.2, 0) is 6.54 Å². The molecule has 1 aromatic carbocycles. The monoisotopic (exact) mass is 275 g/mol. The van der Waals surface area contributed by atoms with Crippen molar-refractivity contribution in [3.05, 3.63) is 24.0 Å². The number of aryl methyl sites for hydroxylation is 1. The standard InChI is InChI=1S/C16H25N3O/c1-4-7-10-19-15-9-8-12(20-6-3)11-14(15)18-16(19)13(17)5-2/h8-9,11,13H,4-7,10,17H2,1-3H3. The number of fused-ring (bicyclic) bond motifs is 1. The van der Waals surface area contributed by atoms with Crippen LogP contribution in [0.25, 0.3) is 11.0 Å². The number of aromatic nitrogens is 2. The van der Waals surface area contributed by atoms with Crippen LogP contribution in [0.2, 0.25) is 0 Å². The quantitative estimate of drug-likeness (QED) is 0.839. The van der Waals surface area contributed by atoms with Gasteiger partial charge in [-0.1, -0.05) is 20.3 Å². The van der Waals surface area contributed by atoms with E-state index in [0.717, 1.165) is 48.4 Å². The lowest BCUT2D eigenvalue weighted by atomic mass is 10.2. The lowest BCUT2D eigenvalue weighted by molar-refractivity contribution is 0.340. The second-order valence-corrected chi connectivity index (χ2v) is 5.07. The Hall–Kier alpha value is -1.55. The Labute approximate surface area is 120 Å². The van der Waals surface area contributed by atoms with E-state index in [9.17, 15) is 0 Å². The molecule has 1 atom stereocenters. The second kappa shape index (κ2) is 6.75. The molecule has 0 radical (unpaired) electrons. The fourth-order valence-electron chi connectivity index (χ4n) is 2.40. The minimum atomic E-state index is -0.00482. The van der Waals surface area contributed by atoms with Crippen molar-refractivity contribution in [1.29, 1.82) is 0 Å². The number of nitrogens with two attached hydrogens (primary N) is 1. The van der Waals surface area contributed by atoms with E-state index in [1.165, 1.54) is 0 Å². The van der Waals surface area contributed by atoms with E-state index in [4.69, 9.17) is 15.5 Å². The van der Waals surface area contributed by atoms with Gasteiger partial charge in [-0.15, -0.1) is 0 Å². The fourth-order valence-corrected chi connectivity index (χ4v) is 2.40. The van der Waals surface area contributed by atoms with Gasteiger partial charge in [-0.2, -0.15) is 0 Å². The summed E-state index contributed by atoms with van der Waals surface area (Å²) < 4.78 is 7.82. The molecule has 4 nitrogen and oxygen atoms in total. The lowest BCUT2D eigenvalue weighted by Gasteiger charge is -2.12. The maximum atomic E-state index is 6.21. The largest absolute Gasteiger partial charge is 0.494 e. The van der Waals surface area contributed by atoms with E-state index >= 15 is 0 Å². The first-order chi connectivity index (χ1) is 9.71. The van der Waals surface area contributed by atoms with Gasteiger partial charge < -0.3 is 15.0 Å². The normalized spacial score (nSPS) is 12.8. The average molecular weight is 275 g/mol. The van der Waals surface area contributed by atoms with Crippen LogP contribution < -0.4 is 10.5 Å². The molecule has 1 unspecified atom stereocenters.